The SMILES string of the molecule is CP(C)(=O)c1ccccc1Br. The van der Waals surface area contributed by atoms with Crippen LogP contribution in [0.25, 0.3) is 0 Å². The average Bonchev–Trinajstić information content (AvgIpc) is 1.86. The van der Waals surface area contributed by atoms with E-state index in [0.717, 1.165) is 9.78 Å². The normalized spacial score (nSPS) is 11.5. The maximum Gasteiger partial charge on any atom is 0.110 e. The van der Waals surface area contributed by atoms with E-state index >= 15 is 0 Å². The Bertz CT molecular complexity index is 303. The lowest BCUT2D eigenvalue weighted by Crippen LogP contribution is -2.03. The topological polar surface area (TPSA) is 17.1 Å². The summed E-state index contributed by atoms with van der Waals surface area (Å²) in [5.74, 6) is 0. The van der Waals surface area contributed by atoms with Crippen molar-refractivity contribution in [2.75, 3.05) is 13.3 Å². The number of halogens is 1. The van der Waals surface area contributed by atoms with Crippen molar-refractivity contribution in [1.29, 1.82) is 0 Å². The molecule has 0 saturated heterocycles. The van der Waals surface area contributed by atoms with Crippen molar-refractivity contribution in [3.05, 3.63) is 28.7 Å². The Morgan fingerprint density at radius 1 is 1.27 bits per heavy atom. The van der Waals surface area contributed by atoms with E-state index in [1.165, 1.54) is 0 Å². The first kappa shape index (κ1) is 9.02. The lowest BCUT2D eigenvalue weighted by atomic mass is 10.4. The Kier molecular flexibility index (Phi) is 2.56. The van der Waals surface area contributed by atoms with Gasteiger partial charge in [0.2, 0.25) is 0 Å². The Hall–Kier alpha value is -0.0700. The lowest BCUT2D eigenvalue weighted by Gasteiger charge is -2.07. The second-order valence-electron chi connectivity index (χ2n) is 2.80. The molecule has 0 aromatic heterocycles. The van der Waals surface area contributed by atoms with Gasteiger partial charge in [-0.25, -0.2) is 0 Å². The molecule has 3 heteroatoms. The van der Waals surface area contributed by atoms with Crippen LogP contribution in [0.2, 0.25) is 0 Å². The van der Waals surface area contributed by atoms with Crippen LogP contribution in [-0.4, -0.2) is 13.3 Å². The zero-order valence-corrected chi connectivity index (χ0v) is 9.02. The van der Waals surface area contributed by atoms with Gasteiger partial charge in [0, 0.05) is 9.78 Å². The summed E-state index contributed by atoms with van der Waals surface area (Å²) in [6.45, 7) is 3.54. The number of rotatable bonds is 1. The second kappa shape index (κ2) is 3.12. The molecule has 0 bridgehead atoms. The minimum Gasteiger partial charge on any atom is -0.319 e. The molecule has 0 atom stereocenters. The Morgan fingerprint density at radius 2 is 1.82 bits per heavy atom. The Balaban J connectivity index is 3.25. The van der Waals surface area contributed by atoms with Crippen LogP contribution >= 0.6 is 23.1 Å². The molecular formula is C8H10BrOP. The standard InChI is InChI=1S/C8H10BrOP/c1-11(2,10)8-6-4-3-5-7(8)9/h3-6H,1-2H3. The molecule has 0 amide bonds. The van der Waals surface area contributed by atoms with Gasteiger partial charge in [-0.05, 0) is 19.4 Å². The first-order valence-electron chi connectivity index (χ1n) is 3.32. The van der Waals surface area contributed by atoms with Crippen LogP contribution in [0, 0.1) is 0 Å². The van der Waals surface area contributed by atoms with Gasteiger partial charge >= 0.3 is 0 Å². The van der Waals surface area contributed by atoms with Gasteiger partial charge in [0.05, 0.1) is 0 Å². The summed E-state index contributed by atoms with van der Waals surface area (Å²) in [7, 11) is -2.10. The fourth-order valence-electron chi connectivity index (χ4n) is 0.888. The molecule has 0 spiro atoms. The van der Waals surface area contributed by atoms with Gasteiger partial charge in [-0.1, -0.05) is 34.1 Å². The monoisotopic (exact) mass is 232 g/mol. The van der Waals surface area contributed by atoms with Crippen molar-refractivity contribution in [3.63, 3.8) is 0 Å². The summed E-state index contributed by atoms with van der Waals surface area (Å²) in [6.07, 6.45) is 0. The van der Waals surface area contributed by atoms with E-state index < -0.39 is 7.14 Å². The van der Waals surface area contributed by atoms with Gasteiger partial charge in [0.15, 0.2) is 0 Å². The van der Waals surface area contributed by atoms with Crippen LogP contribution in [0.1, 0.15) is 0 Å². The third-order valence-electron chi connectivity index (χ3n) is 1.43. The van der Waals surface area contributed by atoms with Gasteiger partial charge in [0.1, 0.15) is 7.14 Å². The largest absolute Gasteiger partial charge is 0.319 e. The Morgan fingerprint density at radius 3 is 2.18 bits per heavy atom. The molecule has 11 heavy (non-hydrogen) atoms. The number of hydrogen-bond donors (Lipinski definition) is 0. The molecule has 1 rings (SSSR count). The highest BCUT2D eigenvalue weighted by atomic mass is 79.9. The smallest absolute Gasteiger partial charge is 0.110 e. The first-order valence-corrected chi connectivity index (χ1v) is 6.71. The quantitative estimate of drug-likeness (QED) is 0.681. The van der Waals surface area contributed by atoms with Gasteiger partial charge in [-0.15, -0.1) is 0 Å². The molecular weight excluding hydrogens is 223 g/mol. The summed E-state index contributed by atoms with van der Waals surface area (Å²) in [4.78, 5) is 0. The minimum absolute atomic E-state index is 0.917. The molecule has 0 unspecified atom stereocenters. The fourth-order valence-corrected chi connectivity index (χ4v) is 3.49. The van der Waals surface area contributed by atoms with Gasteiger partial charge in [-0.3, -0.25) is 0 Å². The predicted molar refractivity (Wildman–Crippen MR) is 53.2 cm³/mol. The van der Waals surface area contributed by atoms with Crippen LogP contribution in [0.15, 0.2) is 28.7 Å². The summed E-state index contributed by atoms with van der Waals surface area (Å²) >= 11 is 3.36. The van der Waals surface area contributed by atoms with Crippen molar-refractivity contribution < 1.29 is 4.57 Å². The summed E-state index contributed by atoms with van der Waals surface area (Å²) in [5, 5.41) is 0.917. The minimum atomic E-state index is -2.10. The molecule has 1 aromatic rings. The van der Waals surface area contributed by atoms with Crippen molar-refractivity contribution in [3.8, 4) is 0 Å². The lowest BCUT2D eigenvalue weighted by molar-refractivity contribution is 0.588. The third kappa shape index (κ3) is 2.18. The van der Waals surface area contributed by atoms with E-state index in [0.29, 0.717) is 0 Å². The summed E-state index contributed by atoms with van der Waals surface area (Å²) in [6, 6.07) is 7.63. The highest BCUT2D eigenvalue weighted by molar-refractivity contribution is 9.10. The highest BCUT2D eigenvalue weighted by Gasteiger charge is 2.12. The molecule has 0 N–H and O–H groups in total. The van der Waals surface area contributed by atoms with E-state index in [2.05, 4.69) is 15.9 Å². The van der Waals surface area contributed by atoms with Crippen molar-refractivity contribution in [1.82, 2.24) is 0 Å². The van der Waals surface area contributed by atoms with Crippen LogP contribution in [0.3, 0.4) is 0 Å². The van der Waals surface area contributed by atoms with E-state index in [1.807, 2.05) is 24.3 Å². The van der Waals surface area contributed by atoms with E-state index in [1.54, 1.807) is 13.3 Å². The summed E-state index contributed by atoms with van der Waals surface area (Å²) < 4.78 is 12.5. The molecule has 0 saturated carbocycles. The molecule has 1 nitrogen and oxygen atoms in total. The van der Waals surface area contributed by atoms with Gasteiger partial charge < -0.3 is 4.57 Å². The number of hydrogen-bond acceptors (Lipinski definition) is 1. The van der Waals surface area contributed by atoms with Crippen molar-refractivity contribution in [2.24, 2.45) is 0 Å². The van der Waals surface area contributed by atoms with Crippen LogP contribution in [0.4, 0.5) is 0 Å². The van der Waals surface area contributed by atoms with Crippen LogP contribution in [-0.2, 0) is 4.57 Å². The molecule has 0 aliphatic rings. The zero-order valence-electron chi connectivity index (χ0n) is 6.54. The van der Waals surface area contributed by atoms with Crippen LogP contribution < -0.4 is 5.30 Å². The second-order valence-corrected chi connectivity index (χ2v) is 6.84. The molecule has 0 aliphatic heterocycles. The molecule has 0 fully saturated rings. The van der Waals surface area contributed by atoms with Gasteiger partial charge in [0.25, 0.3) is 0 Å². The maximum absolute atomic E-state index is 11.6. The highest BCUT2D eigenvalue weighted by Crippen LogP contribution is 2.37. The van der Waals surface area contributed by atoms with Crippen molar-refractivity contribution >= 4 is 28.4 Å². The number of benzene rings is 1. The van der Waals surface area contributed by atoms with E-state index in [4.69, 9.17) is 0 Å². The molecule has 1 aromatic carbocycles. The zero-order chi connectivity index (χ0) is 8.48. The van der Waals surface area contributed by atoms with Gasteiger partial charge in [-0.2, -0.15) is 0 Å². The molecule has 0 aliphatic carbocycles. The first-order chi connectivity index (χ1) is 5.02. The average molecular weight is 233 g/mol. The van der Waals surface area contributed by atoms with Crippen LogP contribution in [0.5, 0.6) is 0 Å². The molecule has 0 heterocycles. The van der Waals surface area contributed by atoms with E-state index in [9.17, 15) is 4.57 Å². The maximum atomic E-state index is 11.6. The molecule has 60 valence electrons. The van der Waals surface area contributed by atoms with E-state index in [-0.39, 0.29) is 0 Å². The summed E-state index contributed by atoms with van der Waals surface area (Å²) in [5.41, 5.74) is 0. The van der Waals surface area contributed by atoms with Crippen molar-refractivity contribution in [2.45, 2.75) is 0 Å². The fraction of sp³-hybridized carbons (Fsp3) is 0.250. The molecule has 0 radical (unpaired) electrons. The third-order valence-corrected chi connectivity index (χ3v) is 3.98. The predicted octanol–water partition coefficient (Wildman–Crippen LogP) is 2.70. The Labute approximate surface area is 75.3 Å².